The number of hydrogen-bond donors (Lipinski definition) is 2. The molecule has 0 aliphatic carbocycles. The van der Waals surface area contributed by atoms with Crippen LogP contribution in [0.25, 0.3) is 6.08 Å². The molecule has 4 rings (SSSR count). The average Bonchev–Trinajstić information content (AvgIpc) is 3.21. The van der Waals surface area contributed by atoms with E-state index < -0.39 is 17.8 Å². The number of carboxylic acid groups (broad SMARTS) is 1. The molecule has 0 unspecified atom stereocenters. The highest BCUT2D eigenvalue weighted by atomic mass is 32.1. The summed E-state index contributed by atoms with van der Waals surface area (Å²) in [6.07, 6.45) is 1.36. The van der Waals surface area contributed by atoms with Gasteiger partial charge in [-0.3, -0.25) is 19.8 Å². The van der Waals surface area contributed by atoms with E-state index in [1.165, 1.54) is 30.3 Å². The summed E-state index contributed by atoms with van der Waals surface area (Å²) >= 11 is 5.14. The second kappa shape index (κ2) is 8.09. The van der Waals surface area contributed by atoms with Gasteiger partial charge in [0.05, 0.1) is 24.5 Å². The number of rotatable bonds is 4. The van der Waals surface area contributed by atoms with Crippen molar-refractivity contribution in [3.63, 3.8) is 0 Å². The zero-order chi connectivity index (χ0) is 21.3. The molecule has 2 fully saturated rings. The number of anilines is 2. The maximum Gasteiger partial charge on any atom is 0.335 e. The normalized spacial score (nSPS) is 18.7. The molecule has 30 heavy (non-hydrogen) atoms. The fourth-order valence-electron chi connectivity index (χ4n) is 3.16. The number of carbonyl (C=O) groups is 3. The van der Waals surface area contributed by atoms with Crippen molar-refractivity contribution in [3.8, 4) is 0 Å². The number of carboxylic acids is 1. The number of aromatic carboxylic acids is 1. The van der Waals surface area contributed by atoms with Crippen LogP contribution >= 0.6 is 12.2 Å². The maximum absolute atomic E-state index is 13.0. The molecule has 0 radical (unpaired) electrons. The molecule has 2 aliphatic rings. The molecule has 0 bridgehead atoms. The van der Waals surface area contributed by atoms with Crippen LogP contribution in [0.5, 0.6) is 0 Å². The van der Waals surface area contributed by atoms with Gasteiger partial charge in [0.15, 0.2) is 11.0 Å². The Morgan fingerprint density at radius 3 is 2.47 bits per heavy atom. The summed E-state index contributed by atoms with van der Waals surface area (Å²) in [5, 5.41) is 11.4. The van der Waals surface area contributed by atoms with Crippen molar-refractivity contribution in [2.75, 3.05) is 36.1 Å². The highest BCUT2D eigenvalue weighted by Gasteiger charge is 2.34. The van der Waals surface area contributed by atoms with Crippen LogP contribution in [0, 0.1) is 0 Å². The number of thiocarbonyl (C=S) groups is 1. The summed E-state index contributed by atoms with van der Waals surface area (Å²) in [7, 11) is 0. The van der Waals surface area contributed by atoms with Crippen LogP contribution in [0.3, 0.4) is 0 Å². The van der Waals surface area contributed by atoms with Crippen LogP contribution in [0.4, 0.5) is 11.6 Å². The molecule has 2 N–H and O–H groups in total. The van der Waals surface area contributed by atoms with Gasteiger partial charge in [-0.25, -0.2) is 4.79 Å². The monoisotopic (exact) mass is 427 g/mol. The average molecular weight is 427 g/mol. The molecule has 10 heteroatoms. The molecule has 154 valence electrons. The van der Waals surface area contributed by atoms with E-state index in [9.17, 15) is 14.4 Å². The number of benzene rings is 1. The van der Waals surface area contributed by atoms with E-state index >= 15 is 0 Å². The van der Waals surface area contributed by atoms with Crippen molar-refractivity contribution in [1.29, 1.82) is 0 Å². The summed E-state index contributed by atoms with van der Waals surface area (Å²) in [6, 6.07) is 9.06. The summed E-state index contributed by atoms with van der Waals surface area (Å²) in [4.78, 5) is 39.6. The molecule has 2 aliphatic heterocycles. The van der Waals surface area contributed by atoms with Gasteiger partial charge in [-0.2, -0.15) is 0 Å². The van der Waals surface area contributed by atoms with Crippen LogP contribution in [-0.4, -0.2) is 54.3 Å². The Bertz CT molecular complexity index is 1050. The fraction of sp³-hybridized carbons (Fsp3) is 0.200. The van der Waals surface area contributed by atoms with E-state index in [1.54, 1.807) is 12.1 Å². The Balaban J connectivity index is 1.60. The molecular weight excluding hydrogens is 410 g/mol. The van der Waals surface area contributed by atoms with Crippen LogP contribution in [0.1, 0.15) is 16.1 Å². The predicted molar refractivity (Wildman–Crippen MR) is 111 cm³/mol. The van der Waals surface area contributed by atoms with Gasteiger partial charge in [-0.15, -0.1) is 0 Å². The molecule has 0 atom stereocenters. The Morgan fingerprint density at radius 2 is 1.80 bits per heavy atom. The molecule has 0 spiro atoms. The fourth-order valence-corrected chi connectivity index (χ4v) is 3.44. The number of ether oxygens (including phenoxy) is 1. The van der Waals surface area contributed by atoms with Gasteiger partial charge in [0.1, 0.15) is 11.3 Å². The lowest BCUT2D eigenvalue weighted by Gasteiger charge is -2.28. The largest absolute Gasteiger partial charge is 0.478 e. The first kappa shape index (κ1) is 19.8. The molecule has 2 aromatic rings. The second-order valence-corrected chi connectivity index (χ2v) is 6.97. The first-order chi connectivity index (χ1) is 14.4. The Labute approximate surface area is 176 Å². The number of hydrogen-bond acceptors (Lipinski definition) is 7. The number of morpholine rings is 1. The summed E-state index contributed by atoms with van der Waals surface area (Å²) in [6.45, 7) is 2.59. The van der Waals surface area contributed by atoms with E-state index in [-0.39, 0.29) is 16.2 Å². The first-order valence-electron chi connectivity index (χ1n) is 9.11. The van der Waals surface area contributed by atoms with Crippen LogP contribution in [-0.2, 0) is 14.3 Å². The summed E-state index contributed by atoms with van der Waals surface area (Å²) in [5.74, 6) is -1.37. The van der Waals surface area contributed by atoms with Gasteiger partial charge in [0, 0.05) is 19.2 Å². The zero-order valence-corrected chi connectivity index (χ0v) is 16.5. The lowest BCUT2D eigenvalue weighted by atomic mass is 10.1. The van der Waals surface area contributed by atoms with Gasteiger partial charge >= 0.3 is 5.97 Å². The van der Waals surface area contributed by atoms with Gasteiger partial charge < -0.3 is 19.2 Å². The van der Waals surface area contributed by atoms with Crippen LogP contribution in [0.2, 0.25) is 0 Å². The van der Waals surface area contributed by atoms with Crippen molar-refractivity contribution < 1.29 is 28.6 Å². The van der Waals surface area contributed by atoms with E-state index in [2.05, 4.69) is 5.32 Å². The number of carbonyl (C=O) groups excluding carboxylic acids is 2. The lowest BCUT2D eigenvalue weighted by molar-refractivity contribution is -0.122. The summed E-state index contributed by atoms with van der Waals surface area (Å²) in [5.41, 5.74) is 0.267. The van der Waals surface area contributed by atoms with E-state index in [4.69, 9.17) is 26.5 Å². The molecule has 9 nitrogen and oxygen atoms in total. The SMILES string of the molecule is O=C1NC(=S)N(c2ccc(C(=O)O)cc2)C(=O)/C1=C\c1ccc(N2CCOCC2)o1. The predicted octanol–water partition coefficient (Wildman–Crippen LogP) is 1.65. The minimum absolute atomic E-state index is 0.0696. The Hall–Kier alpha value is -3.50. The second-order valence-electron chi connectivity index (χ2n) is 6.59. The third-order valence-corrected chi connectivity index (χ3v) is 4.98. The quantitative estimate of drug-likeness (QED) is 0.430. The highest BCUT2D eigenvalue weighted by Crippen LogP contribution is 2.25. The molecule has 1 aromatic carbocycles. The third-order valence-electron chi connectivity index (χ3n) is 4.70. The van der Waals surface area contributed by atoms with Gasteiger partial charge in [0.2, 0.25) is 0 Å². The number of furan rings is 1. The lowest BCUT2D eigenvalue weighted by Crippen LogP contribution is -2.54. The van der Waals surface area contributed by atoms with Gasteiger partial charge in [-0.1, -0.05) is 0 Å². The van der Waals surface area contributed by atoms with Crippen molar-refractivity contribution in [2.45, 2.75) is 0 Å². The first-order valence-corrected chi connectivity index (χ1v) is 9.52. The number of amides is 2. The van der Waals surface area contributed by atoms with Crippen LogP contribution < -0.4 is 15.1 Å². The minimum atomic E-state index is -1.09. The number of nitrogens with one attached hydrogen (secondary N) is 1. The van der Waals surface area contributed by atoms with Gasteiger partial charge in [-0.05, 0) is 48.6 Å². The molecular formula is C20H17N3O6S. The number of nitrogens with zero attached hydrogens (tertiary/aromatic N) is 2. The van der Waals surface area contributed by atoms with E-state index in [0.29, 0.717) is 43.6 Å². The standard InChI is InChI=1S/C20H17N3O6S/c24-17-15(11-14-5-6-16(29-14)22-7-9-28-10-8-22)18(25)23(20(30)21-17)13-3-1-12(2-4-13)19(26)27/h1-6,11H,7-10H2,(H,26,27)(H,21,24,30)/b15-11-. The van der Waals surface area contributed by atoms with Gasteiger partial charge in [0.25, 0.3) is 11.8 Å². The molecule has 1 aromatic heterocycles. The molecule has 2 saturated heterocycles. The molecule has 2 amide bonds. The van der Waals surface area contributed by atoms with Crippen molar-refractivity contribution in [2.24, 2.45) is 0 Å². The Kier molecular flexibility index (Phi) is 5.34. The zero-order valence-electron chi connectivity index (χ0n) is 15.7. The van der Waals surface area contributed by atoms with Crippen molar-refractivity contribution in [3.05, 3.63) is 53.3 Å². The summed E-state index contributed by atoms with van der Waals surface area (Å²) < 4.78 is 11.1. The molecule has 3 heterocycles. The maximum atomic E-state index is 13.0. The highest BCUT2D eigenvalue weighted by molar-refractivity contribution is 7.80. The topological polar surface area (TPSA) is 112 Å². The molecule has 0 saturated carbocycles. The van der Waals surface area contributed by atoms with E-state index in [1.807, 2.05) is 4.90 Å². The van der Waals surface area contributed by atoms with Crippen LogP contribution in [0.15, 0.2) is 46.4 Å². The minimum Gasteiger partial charge on any atom is -0.478 e. The van der Waals surface area contributed by atoms with Crippen molar-refractivity contribution in [1.82, 2.24) is 5.32 Å². The smallest absolute Gasteiger partial charge is 0.335 e. The van der Waals surface area contributed by atoms with Crippen molar-refractivity contribution >= 4 is 52.8 Å². The van der Waals surface area contributed by atoms with E-state index in [0.717, 1.165) is 4.90 Å². The Morgan fingerprint density at radius 1 is 1.10 bits per heavy atom. The third kappa shape index (κ3) is 3.82.